The third-order valence-electron chi connectivity index (χ3n) is 5.04. The first-order valence-corrected chi connectivity index (χ1v) is 9.93. The van der Waals surface area contributed by atoms with Crippen LogP contribution in [0, 0.1) is 5.92 Å². The number of esters is 1. The molecule has 1 heterocycles. The molecule has 3 rings (SSSR count). The first-order chi connectivity index (χ1) is 14.1. The number of aryl methyl sites for hydroxylation is 1. The number of rotatable bonds is 8. The van der Waals surface area contributed by atoms with Gasteiger partial charge in [0.25, 0.3) is 5.91 Å². The van der Waals surface area contributed by atoms with Crippen molar-refractivity contribution in [1.82, 2.24) is 5.32 Å². The van der Waals surface area contributed by atoms with Crippen molar-refractivity contribution in [1.29, 1.82) is 0 Å². The van der Waals surface area contributed by atoms with Gasteiger partial charge in [0, 0.05) is 25.2 Å². The molecule has 6 heteroatoms. The number of hydrogen-bond donors (Lipinski definition) is 1. The van der Waals surface area contributed by atoms with Crippen molar-refractivity contribution in [3.63, 3.8) is 0 Å². The van der Waals surface area contributed by atoms with E-state index < -0.39 is 11.9 Å². The summed E-state index contributed by atoms with van der Waals surface area (Å²) in [6, 6.07) is 17.6. The van der Waals surface area contributed by atoms with Gasteiger partial charge in [-0.05, 0) is 36.1 Å². The maximum atomic E-state index is 12.3. The predicted molar refractivity (Wildman–Crippen MR) is 110 cm³/mol. The fourth-order valence-corrected chi connectivity index (χ4v) is 3.32. The molecule has 0 bridgehead atoms. The van der Waals surface area contributed by atoms with E-state index in [1.807, 2.05) is 54.6 Å². The van der Waals surface area contributed by atoms with Crippen molar-refractivity contribution >= 4 is 23.5 Å². The number of nitrogens with one attached hydrogen (secondary N) is 1. The summed E-state index contributed by atoms with van der Waals surface area (Å²) in [5, 5.41) is 2.74. The molecule has 1 aliphatic heterocycles. The fourth-order valence-electron chi connectivity index (χ4n) is 3.32. The van der Waals surface area contributed by atoms with E-state index >= 15 is 0 Å². The minimum Gasteiger partial charge on any atom is -0.455 e. The highest BCUT2D eigenvalue weighted by atomic mass is 16.5. The number of hydrogen-bond acceptors (Lipinski definition) is 4. The molecule has 152 valence electrons. The van der Waals surface area contributed by atoms with E-state index in [0.29, 0.717) is 13.0 Å². The van der Waals surface area contributed by atoms with E-state index in [9.17, 15) is 14.4 Å². The molecular weight excluding hydrogens is 368 g/mol. The summed E-state index contributed by atoms with van der Waals surface area (Å²) in [6.07, 6.45) is 1.74. The maximum Gasteiger partial charge on any atom is 0.311 e. The Hall–Kier alpha value is -3.15. The smallest absolute Gasteiger partial charge is 0.311 e. The van der Waals surface area contributed by atoms with Crippen molar-refractivity contribution in [2.45, 2.75) is 26.2 Å². The molecule has 6 nitrogen and oxygen atoms in total. The molecule has 29 heavy (non-hydrogen) atoms. The van der Waals surface area contributed by atoms with Gasteiger partial charge in [0.05, 0.1) is 5.92 Å². The van der Waals surface area contributed by atoms with Gasteiger partial charge in [-0.15, -0.1) is 0 Å². The van der Waals surface area contributed by atoms with Crippen LogP contribution in [0.2, 0.25) is 0 Å². The average molecular weight is 394 g/mol. The number of ether oxygens (including phenoxy) is 1. The molecule has 1 atom stereocenters. The van der Waals surface area contributed by atoms with E-state index in [1.54, 1.807) is 4.90 Å². The molecular formula is C23H26N2O4. The van der Waals surface area contributed by atoms with E-state index in [-0.39, 0.29) is 31.4 Å². The minimum absolute atomic E-state index is 0.101. The van der Waals surface area contributed by atoms with Crippen LogP contribution in [-0.2, 0) is 32.0 Å². The van der Waals surface area contributed by atoms with Gasteiger partial charge < -0.3 is 15.0 Å². The van der Waals surface area contributed by atoms with Gasteiger partial charge in [-0.2, -0.15) is 0 Å². The van der Waals surface area contributed by atoms with Crippen molar-refractivity contribution in [2.24, 2.45) is 5.92 Å². The molecule has 0 aromatic heterocycles. The number of carbonyl (C=O) groups is 3. The fraction of sp³-hybridized carbons (Fsp3) is 0.348. The summed E-state index contributed by atoms with van der Waals surface area (Å²) in [7, 11) is 0. The van der Waals surface area contributed by atoms with E-state index in [4.69, 9.17) is 4.74 Å². The van der Waals surface area contributed by atoms with Crippen molar-refractivity contribution < 1.29 is 19.1 Å². The highest BCUT2D eigenvalue weighted by Crippen LogP contribution is 2.26. The average Bonchev–Trinajstić information content (AvgIpc) is 3.14. The van der Waals surface area contributed by atoms with Crippen LogP contribution in [0.1, 0.15) is 24.5 Å². The third kappa shape index (κ3) is 5.67. The lowest BCUT2D eigenvalue weighted by Crippen LogP contribution is -2.32. The largest absolute Gasteiger partial charge is 0.455 e. The monoisotopic (exact) mass is 394 g/mol. The second kappa shape index (κ2) is 9.87. The van der Waals surface area contributed by atoms with Gasteiger partial charge in [-0.1, -0.05) is 49.4 Å². The second-order valence-electron chi connectivity index (χ2n) is 7.12. The van der Waals surface area contributed by atoms with Gasteiger partial charge in [-0.3, -0.25) is 14.4 Å². The molecule has 2 aromatic rings. The van der Waals surface area contributed by atoms with E-state index in [0.717, 1.165) is 17.7 Å². The molecule has 1 N–H and O–H groups in total. The zero-order valence-corrected chi connectivity index (χ0v) is 16.6. The number of carbonyl (C=O) groups excluding carboxylic acids is 3. The Balaban J connectivity index is 1.42. The first kappa shape index (κ1) is 20.6. The zero-order valence-electron chi connectivity index (χ0n) is 16.6. The second-order valence-corrected chi connectivity index (χ2v) is 7.12. The molecule has 0 unspecified atom stereocenters. The van der Waals surface area contributed by atoms with Crippen molar-refractivity contribution in [3.8, 4) is 0 Å². The van der Waals surface area contributed by atoms with Gasteiger partial charge >= 0.3 is 5.97 Å². The van der Waals surface area contributed by atoms with Crippen LogP contribution in [0.4, 0.5) is 5.69 Å². The number of amides is 2. The normalized spacial score (nSPS) is 16.0. The summed E-state index contributed by atoms with van der Waals surface area (Å²) in [6.45, 7) is 2.49. The minimum atomic E-state index is -0.550. The standard InChI is InChI=1S/C23H26N2O4/c1-2-17-8-10-20(11-9-17)25-15-19(14-22(25)27)23(28)29-16-21(26)24-13-12-18-6-4-3-5-7-18/h3-11,19H,2,12-16H2,1H3,(H,24,26)/t19-/m0/s1. The highest BCUT2D eigenvalue weighted by molar-refractivity contribution is 5.99. The Labute approximate surface area is 170 Å². The SMILES string of the molecule is CCc1ccc(N2C[C@@H](C(=O)OCC(=O)NCCc3ccccc3)CC2=O)cc1. The molecule has 1 aliphatic rings. The van der Waals surface area contributed by atoms with Gasteiger partial charge in [-0.25, -0.2) is 0 Å². The molecule has 2 amide bonds. The molecule has 2 aromatic carbocycles. The van der Waals surface area contributed by atoms with E-state index in [2.05, 4.69) is 12.2 Å². The summed E-state index contributed by atoms with van der Waals surface area (Å²) in [5.74, 6) is -1.51. The Morgan fingerprint density at radius 2 is 1.79 bits per heavy atom. The van der Waals surface area contributed by atoms with Gasteiger partial charge in [0.1, 0.15) is 0 Å². The quantitative estimate of drug-likeness (QED) is 0.698. The number of nitrogens with zero attached hydrogens (tertiary/aromatic N) is 1. The third-order valence-corrected chi connectivity index (χ3v) is 5.04. The first-order valence-electron chi connectivity index (χ1n) is 9.93. The Kier molecular flexibility index (Phi) is 7.00. The molecule has 1 fully saturated rings. The zero-order chi connectivity index (χ0) is 20.6. The summed E-state index contributed by atoms with van der Waals surface area (Å²) in [5.41, 5.74) is 3.09. The maximum absolute atomic E-state index is 12.3. The lowest BCUT2D eigenvalue weighted by molar-refractivity contribution is -0.152. The summed E-state index contributed by atoms with van der Waals surface area (Å²) >= 11 is 0. The van der Waals surface area contributed by atoms with Crippen LogP contribution in [0.3, 0.4) is 0 Å². The van der Waals surface area contributed by atoms with Crippen LogP contribution in [-0.4, -0.2) is 37.5 Å². The number of benzene rings is 2. The van der Waals surface area contributed by atoms with Gasteiger partial charge in [0.2, 0.25) is 5.91 Å². The lowest BCUT2D eigenvalue weighted by atomic mass is 10.1. The van der Waals surface area contributed by atoms with Crippen LogP contribution >= 0.6 is 0 Å². The van der Waals surface area contributed by atoms with Crippen LogP contribution in [0.25, 0.3) is 0 Å². The summed E-state index contributed by atoms with van der Waals surface area (Å²) in [4.78, 5) is 38.1. The highest BCUT2D eigenvalue weighted by Gasteiger charge is 2.36. The van der Waals surface area contributed by atoms with E-state index in [1.165, 1.54) is 5.56 Å². The summed E-state index contributed by atoms with van der Waals surface area (Å²) < 4.78 is 5.13. The molecule has 0 spiro atoms. The molecule has 1 saturated heterocycles. The lowest BCUT2D eigenvalue weighted by Gasteiger charge is -2.17. The van der Waals surface area contributed by atoms with Crippen LogP contribution in [0.15, 0.2) is 54.6 Å². The Morgan fingerprint density at radius 1 is 1.07 bits per heavy atom. The Morgan fingerprint density at radius 3 is 2.48 bits per heavy atom. The topological polar surface area (TPSA) is 75.7 Å². The predicted octanol–water partition coefficient (Wildman–Crippen LogP) is 2.50. The van der Waals surface area contributed by atoms with Gasteiger partial charge in [0.15, 0.2) is 6.61 Å². The molecule has 0 saturated carbocycles. The van der Waals surface area contributed by atoms with Crippen LogP contribution < -0.4 is 10.2 Å². The Bertz CT molecular complexity index is 849. The molecule has 0 radical (unpaired) electrons. The number of anilines is 1. The van der Waals surface area contributed by atoms with Crippen molar-refractivity contribution in [3.05, 3.63) is 65.7 Å². The van der Waals surface area contributed by atoms with Crippen molar-refractivity contribution in [2.75, 3.05) is 24.6 Å². The molecule has 0 aliphatic carbocycles. The van der Waals surface area contributed by atoms with Crippen LogP contribution in [0.5, 0.6) is 0 Å².